The third kappa shape index (κ3) is 5.29. The number of unbranched alkanes of at least 4 members (excludes halogenated alkanes) is 2. The zero-order valence-electron chi connectivity index (χ0n) is 13.3. The Bertz CT molecular complexity index is 382. The van der Waals surface area contributed by atoms with Gasteiger partial charge in [-0.1, -0.05) is 19.8 Å². The van der Waals surface area contributed by atoms with Crippen LogP contribution in [0.2, 0.25) is 0 Å². The first-order chi connectivity index (χ1) is 9.69. The third-order valence-corrected chi connectivity index (χ3v) is 4.02. The minimum absolute atomic E-state index is 0.574. The highest BCUT2D eigenvalue weighted by Crippen LogP contribution is 2.20. The summed E-state index contributed by atoms with van der Waals surface area (Å²) in [6, 6.07) is 3.55. The van der Waals surface area contributed by atoms with Gasteiger partial charge in [-0.05, 0) is 45.7 Å². The van der Waals surface area contributed by atoms with Gasteiger partial charge in [-0.2, -0.15) is 0 Å². The number of hydrogen-bond acceptors (Lipinski definition) is 3. The van der Waals surface area contributed by atoms with E-state index in [0.717, 1.165) is 24.9 Å². The van der Waals surface area contributed by atoms with E-state index in [1.165, 1.54) is 44.2 Å². The molecular formula is C17H30N2O. The first-order valence-corrected chi connectivity index (χ1v) is 8.22. The van der Waals surface area contributed by atoms with Crippen LogP contribution in [0.4, 0.5) is 0 Å². The Morgan fingerprint density at radius 2 is 2.15 bits per heavy atom. The van der Waals surface area contributed by atoms with Gasteiger partial charge < -0.3 is 9.73 Å². The molecule has 1 aromatic heterocycles. The van der Waals surface area contributed by atoms with Gasteiger partial charge in [0.1, 0.15) is 5.76 Å². The zero-order valence-corrected chi connectivity index (χ0v) is 13.3. The fourth-order valence-electron chi connectivity index (χ4n) is 2.44. The Hall–Kier alpha value is -0.800. The minimum atomic E-state index is 0.574. The molecule has 0 bridgehead atoms. The fraction of sp³-hybridized carbons (Fsp3) is 0.765. The van der Waals surface area contributed by atoms with Gasteiger partial charge in [0.05, 0.1) is 12.8 Å². The standard InChI is InChI=1S/C17H30N2O/c1-4-5-6-9-19(14(2)3)12-17-10-15(13-20-17)11-18-16-7-8-16/h10,13-14,16,18H,4-9,11-12H2,1-3H3. The predicted molar refractivity (Wildman–Crippen MR) is 83.6 cm³/mol. The van der Waals surface area contributed by atoms with Crippen molar-refractivity contribution in [3.05, 3.63) is 23.7 Å². The van der Waals surface area contributed by atoms with Gasteiger partial charge in [0.15, 0.2) is 0 Å². The monoisotopic (exact) mass is 278 g/mol. The molecule has 0 amide bonds. The summed E-state index contributed by atoms with van der Waals surface area (Å²) < 4.78 is 5.72. The molecule has 3 heteroatoms. The Morgan fingerprint density at radius 1 is 1.35 bits per heavy atom. The molecule has 0 aromatic carbocycles. The van der Waals surface area contributed by atoms with Gasteiger partial charge in [0, 0.05) is 24.2 Å². The molecule has 2 rings (SSSR count). The second-order valence-corrected chi connectivity index (χ2v) is 6.35. The van der Waals surface area contributed by atoms with E-state index >= 15 is 0 Å². The lowest BCUT2D eigenvalue weighted by Crippen LogP contribution is -2.31. The first kappa shape index (κ1) is 15.6. The van der Waals surface area contributed by atoms with Gasteiger partial charge in [0.2, 0.25) is 0 Å². The molecule has 1 heterocycles. The third-order valence-electron chi connectivity index (χ3n) is 4.02. The van der Waals surface area contributed by atoms with Gasteiger partial charge >= 0.3 is 0 Å². The number of rotatable bonds is 10. The highest BCUT2D eigenvalue weighted by Gasteiger charge is 2.20. The Kier molecular flexibility index (Phi) is 6.11. The Balaban J connectivity index is 1.78. The normalized spacial score (nSPS) is 15.4. The van der Waals surface area contributed by atoms with E-state index in [2.05, 4.69) is 37.1 Å². The van der Waals surface area contributed by atoms with E-state index in [9.17, 15) is 0 Å². The summed E-state index contributed by atoms with van der Waals surface area (Å²) >= 11 is 0. The van der Waals surface area contributed by atoms with Gasteiger partial charge in [-0.3, -0.25) is 4.90 Å². The summed E-state index contributed by atoms with van der Waals surface area (Å²) in [5.41, 5.74) is 1.28. The number of nitrogens with one attached hydrogen (secondary N) is 1. The maximum absolute atomic E-state index is 5.72. The summed E-state index contributed by atoms with van der Waals surface area (Å²) in [7, 11) is 0. The van der Waals surface area contributed by atoms with Crippen molar-refractivity contribution < 1.29 is 4.42 Å². The van der Waals surface area contributed by atoms with Crippen molar-refractivity contribution >= 4 is 0 Å². The molecule has 0 saturated heterocycles. The van der Waals surface area contributed by atoms with Crippen LogP contribution in [0.5, 0.6) is 0 Å². The van der Waals surface area contributed by atoms with Crippen molar-refractivity contribution in [2.75, 3.05) is 6.54 Å². The molecular weight excluding hydrogens is 248 g/mol. The summed E-state index contributed by atoms with van der Waals surface area (Å²) in [6.45, 7) is 9.85. The second kappa shape index (κ2) is 7.84. The van der Waals surface area contributed by atoms with E-state index in [1.54, 1.807) is 0 Å². The average molecular weight is 278 g/mol. The Morgan fingerprint density at radius 3 is 2.80 bits per heavy atom. The number of nitrogens with zero attached hydrogens (tertiary/aromatic N) is 1. The molecule has 0 spiro atoms. The molecule has 0 aliphatic heterocycles. The lowest BCUT2D eigenvalue weighted by Gasteiger charge is -2.25. The summed E-state index contributed by atoms with van der Waals surface area (Å²) in [5, 5.41) is 3.53. The van der Waals surface area contributed by atoms with E-state index in [4.69, 9.17) is 4.42 Å². The first-order valence-electron chi connectivity index (χ1n) is 8.22. The fourth-order valence-corrected chi connectivity index (χ4v) is 2.44. The van der Waals surface area contributed by atoms with Crippen molar-refractivity contribution in [3.63, 3.8) is 0 Å². The van der Waals surface area contributed by atoms with Crippen molar-refractivity contribution in [1.29, 1.82) is 0 Å². The smallest absolute Gasteiger partial charge is 0.118 e. The SMILES string of the molecule is CCCCCN(Cc1cc(CNC2CC2)co1)C(C)C. The van der Waals surface area contributed by atoms with E-state index in [0.29, 0.717) is 6.04 Å². The molecule has 1 fully saturated rings. The van der Waals surface area contributed by atoms with Gasteiger partial charge in [-0.15, -0.1) is 0 Å². The number of hydrogen-bond donors (Lipinski definition) is 1. The van der Waals surface area contributed by atoms with E-state index in [1.807, 2.05) is 6.26 Å². The predicted octanol–water partition coefficient (Wildman–Crippen LogP) is 3.93. The second-order valence-electron chi connectivity index (χ2n) is 6.35. The molecule has 3 nitrogen and oxygen atoms in total. The van der Waals surface area contributed by atoms with Crippen LogP contribution in [-0.4, -0.2) is 23.5 Å². The van der Waals surface area contributed by atoms with Crippen LogP contribution in [0.15, 0.2) is 16.7 Å². The molecule has 1 aromatic rings. The molecule has 0 unspecified atom stereocenters. The zero-order chi connectivity index (χ0) is 14.4. The molecule has 0 radical (unpaired) electrons. The van der Waals surface area contributed by atoms with Crippen molar-refractivity contribution in [2.45, 2.75) is 78.0 Å². The number of furan rings is 1. The van der Waals surface area contributed by atoms with Crippen LogP contribution in [0.3, 0.4) is 0 Å². The molecule has 1 saturated carbocycles. The molecule has 20 heavy (non-hydrogen) atoms. The topological polar surface area (TPSA) is 28.4 Å². The molecule has 0 atom stereocenters. The van der Waals surface area contributed by atoms with Crippen LogP contribution >= 0.6 is 0 Å². The minimum Gasteiger partial charge on any atom is -0.468 e. The maximum Gasteiger partial charge on any atom is 0.118 e. The van der Waals surface area contributed by atoms with E-state index in [-0.39, 0.29) is 0 Å². The van der Waals surface area contributed by atoms with Crippen molar-refractivity contribution in [2.24, 2.45) is 0 Å². The van der Waals surface area contributed by atoms with E-state index < -0.39 is 0 Å². The highest BCUT2D eigenvalue weighted by molar-refractivity contribution is 5.13. The molecule has 114 valence electrons. The Labute approximate surface area is 123 Å². The average Bonchev–Trinajstić information content (AvgIpc) is 3.15. The lowest BCUT2D eigenvalue weighted by molar-refractivity contribution is 0.192. The van der Waals surface area contributed by atoms with Crippen LogP contribution in [0.25, 0.3) is 0 Å². The van der Waals surface area contributed by atoms with Gasteiger partial charge in [0.25, 0.3) is 0 Å². The molecule has 1 N–H and O–H groups in total. The van der Waals surface area contributed by atoms with Crippen LogP contribution < -0.4 is 5.32 Å². The quantitative estimate of drug-likeness (QED) is 0.657. The van der Waals surface area contributed by atoms with Crippen molar-refractivity contribution in [1.82, 2.24) is 10.2 Å². The van der Waals surface area contributed by atoms with Crippen molar-refractivity contribution in [3.8, 4) is 0 Å². The maximum atomic E-state index is 5.72. The molecule has 1 aliphatic carbocycles. The van der Waals surface area contributed by atoms with Gasteiger partial charge in [-0.25, -0.2) is 0 Å². The molecule has 1 aliphatic rings. The largest absolute Gasteiger partial charge is 0.468 e. The highest BCUT2D eigenvalue weighted by atomic mass is 16.3. The summed E-state index contributed by atoms with van der Waals surface area (Å²) in [5.74, 6) is 1.10. The summed E-state index contributed by atoms with van der Waals surface area (Å²) in [4.78, 5) is 2.51. The summed E-state index contributed by atoms with van der Waals surface area (Å²) in [6.07, 6.45) is 8.47. The van der Waals surface area contributed by atoms with Crippen LogP contribution in [0.1, 0.15) is 64.2 Å². The van der Waals surface area contributed by atoms with Crippen LogP contribution in [0, 0.1) is 0 Å². The van der Waals surface area contributed by atoms with Crippen LogP contribution in [-0.2, 0) is 13.1 Å². The lowest BCUT2D eigenvalue weighted by atomic mass is 10.2.